The second-order valence-corrected chi connectivity index (χ2v) is 9.10. The number of fused-ring (bicyclic) bond motifs is 5. The van der Waals surface area contributed by atoms with Crippen molar-refractivity contribution in [1.29, 1.82) is 0 Å². The third-order valence-electron chi connectivity index (χ3n) is 7.18. The maximum atomic E-state index is 14.7. The fraction of sp³-hybridized carbons (Fsp3) is 0.400. The Balaban J connectivity index is 1.79. The summed E-state index contributed by atoms with van der Waals surface area (Å²) in [5.41, 5.74) is 1.27. The molecule has 178 valence electrons. The van der Waals surface area contributed by atoms with Gasteiger partial charge in [-0.15, -0.1) is 0 Å². The second-order valence-electron chi connectivity index (χ2n) is 9.10. The van der Waals surface area contributed by atoms with E-state index >= 15 is 0 Å². The van der Waals surface area contributed by atoms with Crippen LogP contribution in [0.3, 0.4) is 0 Å². The molecule has 0 aliphatic carbocycles. The van der Waals surface area contributed by atoms with Crippen LogP contribution in [0.4, 0.5) is 10.1 Å². The molecule has 34 heavy (non-hydrogen) atoms. The summed E-state index contributed by atoms with van der Waals surface area (Å²) < 4.78 is 21.3. The van der Waals surface area contributed by atoms with Crippen molar-refractivity contribution in [2.45, 2.75) is 65.3 Å². The van der Waals surface area contributed by atoms with Gasteiger partial charge in [-0.1, -0.05) is 13.8 Å². The Morgan fingerprint density at radius 1 is 1.29 bits per heavy atom. The topological polar surface area (TPSA) is 114 Å². The number of carbonyl (C=O) groups excluding carboxylic acids is 1. The Kier molecular flexibility index (Phi) is 4.95. The number of cyclic esters (lactones) is 1. The molecule has 8 nitrogen and oxygen atoms in total. The standard InChI is InChI=1S/C25H26FN3O5/c1-5-11(3)27-21-19-12(4)13-9-29-18(20(13)28-17(19)8-16(26)22(21)30)7-15-14(23(29)31)10-34-24(32)25(15,33)6-2/h7-8,11,27,30,33H,5-6,9-10H2,1-4H3/t11?,25-/m0/s1. The number of ether oxygens (including phenoxy) is 1. The Morgan fingerprint density at radius 2 is 2.03 bits per heavy atom. The summed E-state index contributed by atoms with van der Waals surface area (Å²) >= 11 is 0. The van der Waals surface area contributed by atoms with Crippen LogP contribution in [0.25, 0.3) is 22.3 Å². The molecule has 4 heterocycles. The maximum absolute atomic E-state index is 14.7. The van der Waals surface area contributed by atoms with E-state index in [0.717, 1.165) is 17.5 Å². The van der Waals surface area contributed by atoms with Crippen LogP contribution in [0, 0.1) is 12.7 Å². The molecule has 2 aliphatic heterocycles. The predicted octanol–water partition coefficient (Wildman–Crippen LogP) is 3.44. The fourth-order valence-electron chi connectivity index (χ4n) is 4.92. The Morgan fingerprint density at radius 3 is 2.71 bits per heavy atom. The van der Waals surface area contributed by atoms with Crippen molar-refractivity contribution in [2.75, 3.05) is 5.32 Å². The molecular formula is C25H26FN3O5. The zero-order chi connectivity index (χ0) is 24.5. The quantitative estimate of drug-likeness (QED) is 0.311. The van der Waals surface area contributed by atoms with E-state index in [1.165, 1.54) is 10.6 Å². The van der Waals surface area contributed by atoms with Crippen LogP contribution >= 0.6 is 0 Å². The molecule has 2 aromatic heterocycles. The minimum atomic E-state index is -1.91. The highest BCUT2D eigenvalue weighted by atomic mass is 19.1. The van der Waals surface area contributed by atoms with Gasteiger partial charge in [0.05, 0.1) is 34.7 Å². The third kappa shape index (κ3) is 2.89. The molecule has 0 saturated carbocycles. The highest BCUT2D eigenvalue weighted by Gasteiger charge is 2.45. The Labute approximate surface area is 195 Å². The van der Waals surface area contributed by atoms with E-state index in [1.54, 1.807) is 13.0 Å². The number of rotatable bonds is 4. The van der Waals surface area contributed by atoms with Crippen molar-refractivity contribution in [3.05, 3.63) is 50.6 Å². The smallest absolute Gasteiger partial charge is 0.343 e. The summed E-state index contributed by atoms with van der Waals surface area (Å²) in [5.74, 6) is -2.05. The highest BCUT2D eigenvalue weighted by Crippen LogP contribution is 2.43. The molecule has 0 spiro atoms. The van der Waals surface area contributed by atoms with Gasteiger partial charge >= 0.3 is 5.97 Å². The fourth-order valence-corrected chi connectivity index (χ4v) is 4.92. The number of nitrogens with zero attached hydrogens (tertiary/aromatic N) is 2. The van der Waals surface area contributed by atoms with E-state index in [9.17, 15) is 24.2 Å². The van der Waals surface area contributed by atoms with Crippen molar-refractivity contribution in [1.82, 2.24) is 9.55 Å². The van der Waals surface area contributed by atoms with Crippen LogP contribution in [-0.4, -0.2) is 31.8 Å². The van der Waals surface area contributed by atoms with Gasteiger partial charge in [0.25, 0.3) is 5.56 Å². The average molecular weight is 467 g/mol. The summed E-state index contributed by atoms with van der Waals surface area (Å²) in [7, 11) is 0. The van der Waals surface area contributed by atoms with Gasteiger partial charge in [0.15, 0.2) is 17.2 Å². The number of hydrogen-bond donors (Lipinski definition) is 3. The molecule has 0 fully saturated rings. The van der Waals surface area contributed by atoms with Gasteiger partial charge in [-0.05, 0) is 38.3 Å². The second kappa shape index (κ2) is 7.53. The summed E-state index contributed by atoms with van der Waals surface area (Å²) in [6.07, 6.45) is 0.816. The monoisotopic (exact) mass is 467 g/mol. The van der Waals surface area contributed by atoms with Gasteiger partial charge in [0, 0.05) is 28.6 Å². The lowest BCUT2D eigenvalue weighted by atomic mass is 9.86. The number of carbonyl (C=O) groups is 1. The van der Waals surface area contributed by atoms with E-state index < -0.39 is 23.1 Å². The molecule has 2 atom stereocenters. The largest absolute Gasteiger partial charge is 0.503 e. The summed E-state index contributed by atoms with van der Waals surface area (Å²) in [6, 6.07) is 2.79. The molecule has 5 rings (SSSR count). The van der Waals surface area contributed by atoms with Crippen LogP contribution in [0.5, 0.6) is 5.75 Å². The number of aryl methyl sites for hydroxylation is 1. The number of anilines is 1. The molecule has 0 amide bonds. The van der Waals surface area contributed by atoms with Crippen LogP contribution in [0.15, 0.2) is 16.9 Å². The van der Waals surface area contributed by atoms with Gasteiger partial charge in [-0.2, -0.15) is 0 Å². The van der Waals surface area contributed by atoms with Crippen LogP contribution in [-0.2, 0) is 28.3 Å². The summed E-state index contributed by atoms with van der Waals surface area (Å²) in [6.45, 7) is 7.44. The molecule has 9 heteroatoms. The number of aromatic nitrogens is 2. The molecule has 1 unspecified atom stereocenters. The zero-order valence-electron chi connectivity index (χ0n) is 19.5. The first kappa shape index (κ1) is 22.3. The number of nitrogens with one attached hydrogen (secondary N) is 1. The van der Waals surface area contributed by atoms with E-state index in [2.05, 4.69) is 10.3 Å². The van der Waals surface area contributed by atoms with Crippen molar-refractivity contribution >= 4 is 22.6 Å². The van der Waals surface area contributed by atoms with Crippen LogP contribution in [0.1, 0.15) is 55.9 Å². The summed E-state index contributed by atoms with van der Waals surface area (Å²) in [4.78, 5) is 30.4. The first-order valence-corrected chi connectivity index (χ1v) is 11.4. The van der Waals surface area contributed by atoms with Crippen molar-refractivity contribution in [3.63, 3.8) is 0 Å². The lowest BCUT2D eigenvalue weighted by Gasteiger charge is -2.31. The number of hydrogen-bond acceptors (Lipinski definition) is 7. The van der Waals surface area contributed by atoms with Crippen molar-refractivity contribution in [3.8, 4) is 17.1 Å². The predicted molar refractivity (Wildman–Crippen MR) is 124 cm³/mol. The maximum Gasteiger partial charge on any atom is 0.343 e. The number of pyridine rings is 2. The molecule has 0 radical (unpaired) electrons. The first-order chi connectivity index (χ1) is 16.1. The number of aliphatic hydroxyl groups is 1. The third-order valence-corrected chi connectivity index (χ3v) is 7.18. The number of halogens is 1. The molecule has 0 bridgehead atoms. The molecular weight excluding hydrogens is 441 g/mol. The number of aromatic hydroxyl groups is 1. The molecule has 3 N–H and O–H groups in total. The molecule has 0 saturated heterocycles. The number of benzene rings is 1. The van der Waals surface area contributed by atoms with E-state index in [0.29, 0.717) is 22.3 Å². The normalized spacial score (nSPS) is 19.4. The average Bonchev–Trinajstić information content (AvgIpc) is 3.19. The van der Waals surface area contributed by atoms with Crippen molar-refractivity contribution in [2.24, 2.45) is 0 Å². The number of phenols is 1. The minimum absolute atomic E-state index is 0.0145. The van der Waals surface area contributed by atoms with Gasteiger partial charge in [0.1, 0.15) is 6.61 Å². The Hall–Kier alpha value is -3.46. The van der Waals surface area contributed by atoms with E-state index in [1.807, 2.05) is 20.8 Å². The minimum Gasteiger partial charge on any atom is -0.503 e. The van der Waals surface area contributed by atoms with Gasteiger partial charge < -0.3 is 24.8 Å². The SMILES string of the molecule is CCC(C)Nc1c(O)c(F)cc2nc3c(c(C)c12)Cn1c-3cc2c(c1=O)COC(=O)[C@]2(O)CC. The van der Waals surface area contributed by atoms with E-state index in [4.69, 9.17) is 4.74 Å². The Bertz CT molecular complexity index is 1450. The molecule has 2 aliphatic rings. The first-order valence-electron chi connectivity index (χ1n) is 11.4. The van der Waals surface area contributed by atoms with Gasteiger partial charge in [-0.25, -0.2) is 14.2 Å². The lowest BCUT2D eigenvalue weighted by molar-refractivity contribution is -0.172. The lowest BCUT2D eigenvalue weighted by Crippen LogP contribution is -2.44. The number of esters is 1. The van der Waals surface area contributed by atoms with Gasteiger partial charge in [-0.3, -0.25) is 4.79 Å². The van der Waals surface area contributed by atoms with Gasteiger partial charge in [0.2, 0.25) is 0 Å². The van der Waals surface area contributed by atoms with Crippen molar-refractivity contribution < 1.29 is 24.1 Å². The van der Waals surface area contributed by atoms with Crippen LogP contribution < -0.4 is 10.9 Å². The zero-order valence-corrected chi connectivity index (χ0v) is 19.5. The van der Waals surface area contributed by atoms with E-state index in [-0.39, 0.29) is 48.0 Å². The number of phenolic OH excluding ortho intramolecular Hbond substituents is 1. The highest BCUT2D eigenvalue weighted by molar-refractivity contribution is 6.00. The van der Waals surface area contributed by atoms with Crippen LogP contribution in [0.2, 0.25) is 0 Å². The molecule has 3 aromatic rings. The summed E-state index contributed by atoms with van der Waals surface area (Å²) in [5, 5.41) is 25.3. The molecule has 1 aromatic carbocycles.